The number of aromatic nitrogens is 3. The zero-order chi connectivity index (χ0) is 17.6. The van der Waals surface area contributed by atoms with Crippen LogP contribution in [0.5, 0.6) is 0 Å². The summed E-state index contributed by atoms with van der Waals surface area (Å²) in [5.41, 5.74) is 1.06. The summed E-state index contributed by atoms with van der Waals surface area (Å²) in [6.07, 6.45) is 8.00. The van der Waals surface area contributed by atoms with E-state index in [1.165, 1.54) is 5.01 Å². The first-order valence-corrected chi connectivity index (χ1v) is 10.0. The van der Waals surface area contributed by atoms with Crippen LogP contribution in [-0.4, -0.2) is 45.0 Å². The number of likely N-dealkylation sites (tertiary alicyclic amines) is 1. The molecular formula is C18H29IN6S. The Morgan fingerprint density at radius 3 is 2.92 bits per heavy atom. The Balaban J connectivity index is 0.00000243. The smallest absolute Gasteiger partial charge is 0.194 e. The van der Waals surface area contributed by atoms with Crippen molar-refractivity contribution in [3.63, 3.8) is 0 Å². The Kier molecular flexibility index (Phi) is 8.33. The summed E-state index contributed by atoms with van der Waals surface area (Å²) in [5.74, 6) is 1.63. The van der Waals surface area contributed by atoms with Crippen molar-refractivity contribution in [1.29, 1.82) is 0 Å². The molecule has 2 atom stereocenters. The normalized spacial score (nSPS) is 20.7. The fourth-order valence-electron chi connectivity index (χ4n) is 3.26. The van der Waals surface area contributed by atoms with Crippen molar-refractivity contribution in [2.75, 3.05) is 19.6 Å². The van der Waals surface area contributed by atoms with E-state index in [4.69, 9.17) is 4.99 Å². The first kappa shape index (κ1) is 21.1. The molecule has 2 aromatic rings. The van der Waals surface area contributed by atoms with E-state index in [1.807, 2.05) is 12.5 Å². The third-order valence-electron chi connectivity index (χ3n) is 4.75. The van der Waals surface area contributed by atoms with E-state index in [1.54, 1.807) is 11.3 Å². The lowest BCUT2D eigenvalue weighted by atomic mass is 9.93. The van der Waals surface area contributed by atoms with Crippen molar-refractivity contribution in [2.24, 2.45) is 10.9 Å². The van der Waals surface area contributed by atoms with E-state index in [2.05, 4.69) is 57.1 Å². The lowest BCUT2D eigenvalue weighted by molar-refractivity contribution is 0.189. The van der Waals surface area contributed by atoms with Gasteiger partial charge in [-0.25, -0.2) is 15.0 Å². The fourth-order valence-corrected chi connectivity index (χ4v) is 4.00. The Hall–Kier alpha value is -1.16. The van der Waals surface area contributed by atoms with Gasteiger partial charge in [0.05, 0.1) is 29.6 Å². The zero-order valence-electron chi connectivity index (χ0n) is 15.8. The van der Waals surface area contributed by atoms with Crippen molar-refractivity contribution >= 4 is 41.3 Å². The van der Waals surface area contributed by atoms with Gasteiger partial charge in [0, 0.05) is 37.4 Å². The molecule has 1 fully saturated rings. The van der Waals surface area contributed by atoms with Crippen molar-refractivity contribution in [1.82, 2.24) is 24.8 Å². The summed E-state index contributed by atoms with van der Waals surface area (Å²) in [7, 11) is 0. The van der Waals surface area contributed by atoms with Crippen LogP contribution in [0.2, 0.25) is 0 Å². The van der Waals surface area contributed by atoms with Crippen LogP contribution in [0.3, 0.4) is 0 Å². The summed E-state index contributed by atoms with van der Waals surface area (Å²) in [4.78, 5) is 16.1. The number of hydrogen-bond acceptors (Lipinski definition) is 4. The molecule has 0 aromatic carbocycles. The third-order valence-corrected chi connectivity index (χ3v) is 5.80. The molecule has 0 bridgehead atoms. The van der Waals surface area contributed by atoms with Gasteiger partial charge in [-0.2, -0.15) is 0 Å². The molecule has 2 unspecified atom stereocenters. The van der Waals surface area contributed by atoms with Gasteiger partial charge in [0.1, 0.15) is 0 Å². The van der Waals surface area contributed by atoms with Gasteiger partial charge in [0.25, 0.3) is 0 Å². The molecule has 8 heteroatoms. The Bertz CT molecular complexity index is 684. The van der Waals surface area contributed by atoms with Gasteiger partial charge in [-0.05, 0) is 25.7 Å². The van der Waals surface area contributed by atoms with Crippen LogP contribution < -0.4 is 5.32 Å². The molecule has 6 nitrogen and oxygen atoms in total. The summed E-state index contributed by atoms with van der Waals surface area (Å²) < 4.78 is 2.23. The monoisotopic (exact) mass is 488 g/mol. The van der Waals surface area contributed by atoms with E-state index in [0.29, 0.717) is 18.5 Å². The highest BCUT2D eigenvalue weighted by Gasteiger charge is 2.28. The number of rotatable bonds is 5. The predicted octanol–water partition coefficient (Wildman–Crippen LogP) is 3.57. The van der Waals surface area contributed by atoms with Crippen LogP contribution in [0.25, 0.3) is 0 Å². The molecule has 144 valence electrons. The standard InChI is InChI=1S/C18H28N6S.HI/c1-4-17-22-15(12-25-17)10-21-18(20-5-2)23-8-6-14(3)16(11-23)24-9-7-19-13-24;/h7,9,12-14,16H,4-6,8,10-11H2,1-3H3,(H,20,21);1H. The summed E-state index contributed by atoms with van der Waals surface area (Å²) in [5, 5.41) is 6.76. The van der Waals surface area contributed by atoms with Crippen molar-refractivity contribution in [3.05, 3.63) is 34.8 Å². The molecule has 0 saturated carbocycles. The van der Waals surface area contributed by atoms with Gasteiger partial charge in [-0.3, -0.25) is 0 Å². The summed E-state index contributed by atoms with van der Waals surface area (Å²) in [6, 6.07) is 0.436. The number of nitrogens with one attached hydrogen (secondary N) is 1. The van der Waals surface area contributed by atoms with E-state index in [0.717, 1.165) is 44.1 Å². The molecule has 3 rings (SSSR count). The highest BCUT2D eigenvalue weighted by molar-refractivity contribution is 14.0. The SMILES string of the molecule is CCNC(=NCc1csc(CC)n1)N1CCC(C)C(n2ccnc2)C1.I. The van der Waals surface area contributed by atoms with Crippen LogP contribution in [0, 0.1) is 5.92 Å². The number of piperidine rings is 1. The van der Waals surface area contributed by atoms with Gasteiger partial charge in [0.15, 0.2) is 5.96 Å². The number of imidazole rings is 1. The maximum atomic E-state index is 4.85. The first-order valence-electron chi connectivity index (χ1n) is 9.15. The van der Waals surface area contributed by atoms with Gasteiger partial charge in [0.2, 0.25) is 0 Å². The van der Waals surface area contributed by atoms with Gasteiger partial charge in [-0.1, -0.05) is 13.8 Å². The van der Waals surface area contributed by atoms with Crippen LogP contribution in [0.4, 0.5) is 0 Å². The molecule has 3 heterocycles. The van der Waals surface area contributed by atoms with E-state index in [9.17, 15) is 0 Å². The Morgan fingerprint density at radius 2 is 2.27 bits per heavy atom. The topological polar surface area (TPSA) is 58.3 Å². The van der Waals surface area contributed by atoms with Crippen molar-refractivity contribution in [2.45, 2.75) is 46.2 Å². The largest absolute Gasteiger partial charge is 0.357 e. The molecule has 0 spiro atoms. The molecule has 2 aromatic heterocycles. The number of halogens is 1. The third kappa shape index (κ3) is 5.18. The highest BCUT2D eigenvalue weighted by Crippen LogP contribution is 2.27. The number of nitrogens with zero attached hydrogens (tertiary/aromatic N) is 5. The lowest BCUT2D eigenvalue weighted by Crippen LogP contribution is -2.49. The molecule has 26 heavy (non-hydrogen) atoms. The molecule has 1 N–H and O–H groups in total. The lowest BCUT2D eigenvalue weighted by Gasteiger charge is -2.39. The number of hydrogen-bond donors (Lipinski definition) is 1. The molecule has 1 saturated heterocycles. The van der Waals surface area contributed by atoms with Crippen LogP contribution >= 0.6 is 35.3 Å². The molecule has 0 amide bonds. The number of aryl methyl sites for hydroxylation is 1. The van der Waals surface area contributed by atoms with E-state index >= 15 is 0 Å². The predicted molar refractivity (Wildman–Crippen MR) is 118 cm³/mol. The quantitative estimate of drug-likeness (QED) is 0.397. The van der Waals surface area contributed by atoms with Gasteiger partial charge in [-0.15, -0.1) is 35.3 Å². The minimum Gasteiger partial charge on any atom is -0.357 e. The van der Waals surface area contributed by atoms with E-state index in [-0.39, 0.29) is 24.0 Å². The molecule has 1 aliphatic rings. The van der Waals surface area contributed by atoms with Gasteiger partial charge >= 0.3 is 0 Å². The van der Waals surface area contributed by atoms with Gasteiger partial charge < -0.3 is 14.8 Å². The fraction of sp³-hybridized carbons (Fsp3) is 0.611. The second-order valence-electron chi connectivity index (χ2n) is 6.55. The van der Waals surface area contributed by atoms with Crippen molar-refractivity contribution < 1.29 is 0 Å². The molecule has 0 aliphatic carbocycles. The number of thiazole rings is 1. The van der Waals surface area contributed by atoms with E-state index < -0.39 is 0 Å². The highest BCUT2D eigenvalue weighted by atomic mass is 127. The second-order valence-corrected chi connectivity index (χ2v) is 7.49. The summed E-state index contributed by atoms with van der Waals surface area (Å²) >= 11 is 1.72. The van der Waals surface area contributed by atoms with Crippen LogP contribution in [0.1, 0.15) is 43.9 Å². The Morgan fingerprint density at radius 1 is 1.42 bits per heavy atom. The van der Waals surface area contributed by atoms with Crippen molar-refractivity contribution in [3.8, 4) is 0 Å². The minimum atomic E-state index is 0. The minimum absolute atomic E-state index is 0. The second kappa shape index (κ2) is 10.2. The average molecular weight is 488 g/mol. The maximum absolute atomic E-state index is 4.85. The van der Waals surface area contributed by atoms with Crippen LogP contribution in [0.15, 0.2) is 29.1 Å². The first-order chi connectivity index (χ1) is 12.2. The summed E-state index contributed by atoms with van der Waals surface area (Å²) in [6.45, 7) is 10.1. The Labute approximate surface area is 177 Å². The number of guanidine groups is 1. The maximum Gasteiger partial charge on any atom is 0.194 e. The molecular weight excluding hydrogens is 459 g/mol. The molecule has 1 aliphatic heterocycles. The van der Waals surface area contributed by atoms with Crippen LogP contribution in [-0.2, 0) is 13.0 Å². The molecule has 0 radical (unpaired) electrons. The zero-order valence-corrected chi connectivity index (χ0v) is 18.9. The number of aliphatic imine (C=N–C) groups is 1. The average Bonchev–Trinajstić information content (AvgIpc) is 3.31.